The molecule has 0 saturated carbocycles. The fourth-order valence-corrected chi connectivity index (χ4v) is 5.97. The lowest BCUT2D eigenvalue weighted by Gasteiger charge is -2.36. The molecule has 0 aliphatic carbocycles. The molecule has 2 N–H and O–H groups in total. The zero-order valence-electron chi connectivity index (χ0n) is 21.3. The monoisotopic (exact) mass is 587 g/mol. The summed E-state index contributed by atoms with van der Waals surface area (Å²) in [4.78, 5) is 15.7. The van der Waals surface area contributed by atoms with Crippen LogP contribution < -0.4 is 10.6 Å². The lowest BCUT2D eigenvalue weighted by atomic mass is 9.85. The molecule has 3 aromatic rings. The van der Waals surface area contributed by atoms with Crippen molar-refractivity contribution in [3.05, 3.63) is 64.5 Å². The normalized spacial score (nSPS) is 17.4. The Morgan fingerprint density at radius 1 is 1.03 bits per heavy atom. The van der Waals surface area contributed by atoms with Crippen molar-refractivity contribution in [2.45, 2.75) is 58.0 Å². The molecule has 2 aromatic carbocycles. The Kier molecular flexibility index (Phi) is 7.92. The molecular weight excluding hydrogens is 560 g/mol. The summed E-state index contributed by atoms with van der Waals surface area (Å²) >= 11 is 6.87. The molecule has 1 fully saturated rings. The highest BCUT2D eigenvalue weighted by Crippen LogP contribution is 2.40. The van der Waals surface area contributed by atoms with Crippen molar-refractivity contribution >= 4 is 50.3 Å². The number of alkyl halides is 6. The van der Waals surface area contributed by atoms with Crippen molar-refractivity contribution in [1.82, 2.24) is 10.2 Å². The molecule has 2 atom stereocenters. The first-order valence-electron chi connectivity index (χ1n) is 12.2. The zero-order chi connectivity index (χ0) is 28.8. The van der Waals surface area contributed by atoms with Crippen molar-refractivity contribution in [3.8, 4) is 0 Å². The minimum atomic E-state index is -4.99. The van der Waals surface area contributed by atoms with Crippen LogP contribution in [0.1, 0.15) is 56.3 Å². The van der Waals surface area contributed by atoms with Gasteiger partial charge in [0, 0.05) is 16.9 Å². The molecule has 1 aromatic heterocycles. The van der Waals surface area contributed by atoms with Crippen molar-refractivity contribution in [2.24, 2.45) is 5.41 Å². The van der Waals surface area contributed by atoms with Crippen LogP contribution in [0.5, 0.6) is 0 Å². The number of fused-ring (bicyclic) bond motifs is 1. The lowest BCUT2D eigenvalue weighted by molar-refractivity contribution is -0.143. The molecule has 12 heteroatoms. The first-order valence-corrected chi connectivity index (χ1v) is 13.5. The number of thiocarbonyl (C=S) groups is 1. The van der Waals surface area contributed by atoms with Crippen LogP contribution in [0.4, 0.5) is 32.0 Å². The van der Waals surface area contributed by atoms with Gasteiger partial charge in [-0.25, -0.2) is 0 Å². The first kappa shape index (κ1) is 29.1. The van der Waals surface area contributed by atoms with E-state index in [0.29, 0.717) is 18.7 Å². The number of carbonyl (C=O) groups is 1. The third-order valence-electron chi connectivity index (χ3n) is 6.64. The highest BCUT2D eigenvalue weighted by molar-refractivity contribution is 7.80. The van der Waals surface area contributed by atoms with Gasteiger partial charge in [0.15, 0.2) is 5.11 Å². The van der Waals surface area contributed by atoms with E-state index < -0.39 is 40.6 Å². The minimum Gasteiger partial charge on any atom is -0.350 e. The van der Waals surface area contributed by atoms with E-state index in [9.17, 15) is 31.1 Å². The van der Waals surface area contributed by atoms with Gasteiger partial charge in [0.25, 0.3) is 0 Å². The number of carbonyl (C=O) groups excluding carboxylic acids is 1. The molecular formula is C27H27F6N3OS2. The number of hydrogen-bond acceptors (Lipinski definition) is 3. The average molecular weight is 588 g/mol. The maximum atomic E-state index is 13.9. The second kappa shape index (κ2) is 10.6. The Hall–Kier alpha value is -2.86. The quantitative estimate of drug-likeness (QED) is 0.240. The number of likely N-dealkylation sites (tertiary alicyclic amines) is 1. The van der Waals surface area contributed by atoms with Gasteiger partial charge in [-0.3, -0.25) is 4.79 Å². The molecule has 1 aliphatic heterocycles. The van der Waals surface area contributed by atoms with Gasteiger partial charge in [0.1, 0.15) is 6.04 Å². The number of nitrogens with zero attached hydrogens (tertiary/aromatic N) is 1. The van der Waals surface area contributed by atoms with Crippen LogP contribution in [0.2, 0.25) is 0 Å². The van der Waals surface area contributed by atoms with Crippen molar-refractivity contribution in [3.63, 3.8) is 0 Å². The average Bonchev–Trinajstić information content (AvgIpc) is 3.49. The number of anilines is 1. The van der Waals surface area contributed by atoms with E-state index in [1.54, 1.807) is 16.2 Å². The highest BCUT2D eigenvalue weighted by atomic mass is 32.1. The van der Waals surface area contributed by atoms with Gasteiger partial charge in [0.05, 0.1) is 17.2 Å². The van der Waals surface area contributed by atoms with E-state index >= 15 is 0 Å². The summed E-state index contributed by atoms with van der Waals surface area (Å²) in [5.74, 6) is -0.247. The maximum absolute atomic E-state index is 13.9. The van der Waals surface area contributed by atoms with Crippen LogP contribution in [-0.4, -0.2) is 28.5 Å². The summed E-state index contributed by atoms with van der Waals surface area (Å²) in [5.41, 5.74) is -3.05. The zero-order valence-corrected chi connectivity index (χ0v) is 23.0. The fraction of sp³-hybridized carbons (Fsp3) is 0.407. The number of thiophene rings is 1. The van der Waals surface area contributed by atoms with Gasteiger partial charge in [0.2, 0.25) is 5.91 Å². The van der Waals surface area contributed by atoms with Crippen molar-refractivity contribution in [1.29, 1.82) is 0 Å². The Morgan fingerprint density at radius 3 is 2.26 bits per heavy atom. The van der Waals surface area contributed by atoms with E-state index in [1.165, 1.54) is 0 Å². The van der Waals surface area contributed by atoms with Crippen LogP contribution in [0.15, 0.2) is 47.8 Å². The molecule has 4 nitrogen and oxygen atoms in total. The third-order valence-corrected chi connectivity index (χ3v) is 7.84. The Labute approximate surface area is 231 Å². The molecule has 39 heavy (non-hydrogen) atoms. The second-order valence-corrected chi connectivity index (χ2v) is 11.9. The molecule has 2 heterocycles. The largest absolute Gasteiger partial charge is 0.416 e. The Bertz CT molecular complexity index is 1340. The molecule has 0 radical (unpaired) electrons. The topological polar surface area (TPSA) is 44.4 Å². The predicted octanol–water partition coefficient (Wildman–Crippen LogP) is 8.00. The highest BCUT2D eigenvalue weighted by Gasteiger charge is 2.41. The maximum Gasteiger partial charge on any atom is 0.416 e. The van der Waals surface area contributed by atoms with Gasteiger partial charge in [-0.1, -0.05) is 39.0 Å². The number of benzene rings is 2. The minimum absolute atomic E-state index is 0.0464. The van der Waals surface area contributed by atoms with Gasteiger partial charge in [-0.15, -0.1) is 11.3 Å². The van der Waals surface area contributed by atoms with Crippen LogP contribution in [0.25, 0.3) is 10.1 Å². The molecule has 210 valence electrons. The van der Waals surface area contributed by atoms with E-state index in [-0.39, 0.29) is 23.1 Å². The summed E-state index contributed by atoms with van der Waals surface area (Å²) in [5, 5.41) is 8.13. The SMILES string of the molecule is CC(C)(C)[C@H](NC(=S)Nc1cc(C(F)(F)F)cc(C(F)(F)F)c1)C(=O)N1CCC[C@@H]1c1cccc2ccsc12. The molecule has 0 bridgehead atoms. The van der Waals surface area contributed by atoms with Crippen LogP contribution in [-0.2, 0) is 17.1 Å². The summed E-state index contributed by atoms with van der Waals surface area (Å²) in [7, 11) is 0. The molecule has 0 spiro atoms. The van der Waals surface area contributed by atoms with Gasteiger partial charge in [-0.05, 0) is 71.1 Å². The summed E-state index contributed by atoms with van der Waals surface area (Å²) < 4.78 is 80.8. The number of amides is 1. The summed E-state index contributed by atoms with van der Waals surface area (Å²) in [6.45, 7) is 5.94. The van der Waals surface area contributed by atoms with Gasteiger partial charge < -0.3 is 15.5 Å². The second-order valence-electron chi connectivity index (χ2n) is 10.6. The number of halogens is 6. The van der Waals surface area contributed by atoms with Crippen LogP contribution >= 0.6 is 23.6 Å². The summed E-state index contributed by atoms with van der Waals surface area (Å²) in [6, 6.07) is 8.08. The third kappa shape index (κ3) is 6.49. The smallest absolute Gasteiger partial charge is 0.350 e. The fourth-order valence-electron chi connectivity index (χ4n) is 4.77. The van der Waals surface area contributed by atoms with Crippen molar-refractivity contribution < 1.29 is 31.1 Å². The van der Waals surface area contributed by atoms with Crippen LogP contribution in [0.3, 0.4) is 0 Å². The molecule has 1 amide bonds. The van der Waals surface area contributed by atoms with Gasteiger partial charge >= 0.3 is 12.4 Å². The molecule has 0 unspecified atom stereocenters. The first-order chi connectivity index (χ1) is 18.1. The van der Waals surface area contributed by atoms with E-state index in [1.807, 2.05) is 50.4 Å². The number of rotatable bonds is 4. The van der Waals surface area contributed by atoms with E-state index in [4.69, 9.17) is 12.2 Å². The Balaban J connectivity index is 1.58. The van der Waals surface area contributed by atoms with E-state index in [0.717, 1.165) is 28.5 Å². The van der Waals surface area contributed by atoms with Crippen molar-refractivity contribution in [2.75, 3.05) is 11.9 Å². The summed E-state index contributed by atoms with van der Waals surface area (Å²) in [6.07, 6.45) is -8.42. The molecule has 1 saturated heterocycles. The molecule has 4 rings (SSSR count). The van der Waals surface area contributed by atoms with Gasteiger partial charge in [-0.2, -0.15) is 26.3 Å². The number of nitrogens with one attached hydrogen (secondary N) is 2. The standard InChI is InChI=1S/C27H27F6N3OS2/c1-25(2,3)22(23(37)36-10-5-8-20(36)19-7-4-6-15-9-11-39-21(15)19)35-24(38)34-18-13-16(26(28,29)30)12-17(14-18)27(31,32)33/h4,6-7,9,11-14,20,22H,5,8,10H2,1-3H3,(H2,34,35,38)/t20-,22-/m1/s1. The lowest BCUT2D eigenvalue weighted by Crippen LogP contribution is -2.55. The Morgan fingerprint density at radius 2 is 1.67 bits per heavy atom. The van der Waals surface area contributed by atoms with Crippen LogP contribution in [0, 0.1) is 5.41 Å². The predicted molar refractivity (Wildman–Crippen MR) is 145 cm³/mol. The number of hydrogen-bond donors (Lipinski definition) is 2. The molecule has 1 aliphatic rings. The van der Waals surface area contributed by atoms with E-state index in [2.05, 4.69) is 10.6 Å².